The Morgan fingerprint density at radius 2 is 2.15 bits per heavy atom. The average molecular weight is 271 g/mol. The number of nitrogens with zero attached hydrogens (tertiary/aromatic N) is 1. The maximum atomic E-state index is 11.6. The second-order valence-corrected chi connectivity index (χ2v) is 4.38. The van der Waals surface area contributed by atoms with Crippen molar-refractivity contribution < 1.29 is 9.90 Å². The van der Waals surface area contributed by atoms with Gasteiger partial charge in [-0.2, -0.15) is 0 Å². The first-order valence-electron chi connectivity index (χ1n) is 6.32. The molecule has 1 unspecified atom stereocenters. The lowest BCUT2D eigenvalue weighted by molar-refractivity contribution is 0.0963. The van der Waals surface area contributed by atoms with Crippen molar-refractivity contribution in [2.75, 3.05) is 13.6 Å². The van der Waals surface area contributed by atoms with E-state index in [1.54, 1.807) is 31.4 Å². The highest BCUT2D eigenvalue weighted by atomic mass is 16.3. The molecule has 4 N–H and O–H groups in total. The fourth-order valence-corrected chi connectivity index (χ4v) is 1.88. The summed E-state index contributed by atoms with van der Waals surface area (Å²) in [6.07, 6.45) is 0.915. The smallest absolute Gasteiger partial charge is 0.251 e. The number of aliphatic hydroxyl groups excluding tert-OH is 1. The molecule has 1 heterocycles. The Bertz CT molecular complexity index is 596. The molecule has 0 aliphatic carbocycles. The van der Waals surface area contributed by atoms with Gasteiger partial charge in [-0.05, 0) is 23.8 Å². The van der Waals surface area contributed by atoms with Gasteiger partial charge in [0.2, 0.25) is 0 Å². The number of aliphatic hydroxyl groups is 1. The molecule has 104 valence electrons. The zero-order valence-corrected chi connectivity index (χ0v) is 11.2. The number of aromatic nitrogens is 1. The van der Waals surface area contributed by atoms with Gasteiger partial charge in [0.1, 0.15) is 6.10 Å². The summed E-state index contributed by atoms with van der Waals surface area (Å²) in [5.74, 6) is -0.130. The molecule has 1 aromatic carbocycles. The largest absolute Gasteiger partial charge is 0.385 e. The van der Waals surface area contributed by atoms with Gasteiger partial charge in [-0.3, -0.25) is 9.78 Å². The molecule has 0 fully saturated rings. The lowest BCUT2D eigenvalue weighted by atomic mass is 10.0. The van der Waals surface area contributed by atoms with E-state index in [1.165, 1.54) is 0 Å². The van der Waals surface area contributed by atoms with Crippen LogP contribution in [0.4, 0.5) is 0 Å². The topological polar surface area (TPSA) is 88.2 Å². The fraction of sp³-hybridized carbons (Fsp3) is 0.200. The summed E-state index contributed by atoms with van der Waals surface area (Å²) < 4.78 is 0. The quantitative estimate of drug-likeness (QED) is 0.777. The van der Waals surface area contributed by atoms with E-state index in [2.05, 4.69) is 10.3 Å². The van der Waals surface area contributed by atoms with Crippen LogP contribution in [0.5, 0.6) is 0 Å². The summed E-state index contributed by atoms with van der Waals surface area (Å²) in [5.41, 5.74) is 8.30. The zero-order chi connectivity index (χ0) is 14.5. The summed E-state index contributed by atoms with van der Waals surface area (Å²) >= 11 is 0. The Balaban J connectivity index is 2.30. The van der Waals surface area contributed by atoms with E-state index in [4.69, 9.17) is 5.73 Å². The molecule has 2 aromatic rings. The number of rotatable bonds is 4. The van der Waals surface area contributed by atoms with Crippen LogP contribution in [0.25, 0.3) is 11.1 Å². The second-order valence-electron chi connectivity index (χ2n) is 4.38. The van der Waals surface area contributed by atoms with Crippen LogP contribution in [-0.4, -0.2) is 29.6 Å². The van der Waals surface area contributed by atoms with Gasteiger partial charge in [-0.25, -0.2) is 0 Å². The van der Waals surface area contributed by atoms with Gasteiger partial charge in [0.15, 0.2) is 0 Å². The predicted molar refractivity (Wildman–Crippen MR) is 77.1 cm³/mol. The number of hydrogen-bond donors (Lipinski definition) is 3. The number of hydrogen-bond acceptors (Lipinski definition) is 4. The maximum absolute atomic E-state index is 11.6. The molecule has 2 rings (SSSR count). The molecule has 0 bridgehead atoms. The third-order valence-corrected chi connectivity index (χ3v) is 3.04. The number of benzene rings is 1. The first-order valence-corrected chi connectivity index (χ1v) is 6.32. The number of carbonyl (C=O) groups excluding carboxylic acids is 1. The average Bonchev–Trinajstić information content (AvgIpc) is 2.53. The van der Waals surface area contributed by atoms with Crippen molar-refractivity contribution in [1.29, 1.82) is 0 Å². The molecule has 0 saturated heterocycles. The maximum Gasteiger partial charge on any atom is 0.251 e. The van der Waals surface area contributed by atoms with Gasteiger partial charge in [-0.15, -0.1) is 0 Å². The standard InChI is InChI=1S/C15H17N3O2/c1-17-15(20)11-4-2-3-10(7-11)12-5-6-13(18-9-12)14(19)8-16/h2-7,9,14,19H,8,16H2,1H3,(H,17,20). The summed E-state index contributed by atoms with van der Waals surface area (Å²) in [5, 5.41) is 12.2. The fourth-order valence-electron chi connectivity index (χ4n) is 1.88. The van der Waals surface area contributed by atoms with Gasteiger partial charge in [0, 0.05) is 30.9 Å². The summed E-state index contributed by atoms with van der Waals surface area (Å²) in [7, 11) is 1.60. The van der Waals surface area contributed by atoms with E-state index in [0.717, 1.165) is 11.1 Å². The highest BCUT2D eigenvalue weighted by Gasteiger charge is 2.08. The van der Waals surface area contributed by atoms with Crippen molar-refractivity contribution in [3.05, 3.63) is 53.9 Å². The minimum absolute atomic E-state index is 0.130. The molecule has 5 nitrogen and oxygen atoms in total. The number of carbonyl (C=O) groups is 1. The first kappa shape index (κ1) is 14.2. The van der Waals surface area contributed by atoms with E-state index in [1.807, 2.05) is 18.2 Å². The minimum Gasteiger partial charge on any atom is -0.385 e. The van der Waals surface area contributed by atoms with Crippen molar-refractivity contribution >= 4 is 5.91 Å². The van der Waals surface area contributed by atoms with E-state index in [-0.39, 0.29) is 12.5 Å². The normalized spacial score (nSPS) is 11.9. The predicted octanol–water partition coefficient (Wildman–Crippen LogP) is 1.10. The molecular formula is C15H17N3O2. The highest BCUT2D eigenvalue weighted by Crippen LogP contribution is 2.21. The monoisotopic (exact) mass is 271 g/mol. The van der Waals surface area contributed by atoms with Gasteiger partial charge in [0.05, 0.1) is 5.69 Å². The van der Waals surface area contributed by atoms with Crippen LogP contribution in [0, 0.1) is 0 Å². The highest BCUT2D eigenvalue weighted by molar-refractivity contribution is 5.95. The molecule has 5 heteroatoms. The van der Waals surface area contributed by atoms with Crippen LogP contribution >= 0.6 is 0 Å². The first-order chi connectivity index (χ1) is 9.65. The molecular weight excluding hydrogens is 254 g/mol. The molecule has 0 radical (unpaired) electrons. The third-order valence-electron chi connectivity index (χ3n) is 3.04. The summed E-state index contributed by atoms with van der Waals surface area (Å²) in [6.45, 7) is 0.137. The van der Waals surface area contributed by atoms with Crippen LogP contribution < -0.4 is 11.1 Å². The number of nitrogens with one attached hydrogen (secondary N) is 1. The van der Waals surface area contributed by atoms with Crippen molar-refractivity contribution in [2.45, 2.75) is 6.10 Å². The van der Waals surface area contributed by atoms with E-state index >= 15 is 0 Å². The van der Waals surface area contributed by atoms with Crippen molar-refractivity contribution in [3.8, 4) is 11.1 Å². The van der Waals surface area contributed by atoms with Crippen LogP contribution in [0.2, 0.25) is 0 Å². The van der Waals surface area contributed by atoms with Crippen LogP contribution in [-0.2, 0) is 0 Å². The van der Waals surface area contributed by atoms with E-state index < -0.39 is 6.10 Å². The van der Waals surface area contributed by atoms with Crippen molar-refractivity contribution in [1.82, 2.24) is 10.3 Å². The zero-order valence-electron chi connectivity index (χ0n) is 11.2. The Kier molecular flexibility index (Phi) is 4.45. The molecule has 0 aliphatic heterocycles. The van der Waals surface area contributed by atoms with Crippen LogP contribution in [0.3, 0.4) is 0 Å². The molecule has 1 atom stereocenters. The third kappa shape index (κ3) is 3.01. The lowest BCUT2D eigenvalue weighted by Gasteiger charge is -2.08. The van der Waals surface area contributed by atoms with Crippen LogP contribution in [0.15, 0.2) is 42.6 Å². The van der Waals surface area contributed by atoms with E-state index in [0.29, 0.717) is 11.3 Å². The Morgan fingerprint density at radius 1 is 1.35 bits per heavy atom. The Morgan fingerprint density at radius 3 is 2.75 bits per heavy atom. The number of pyridine rings is 1. The molecule has 20 heavy (non-hydrogen) atoms. The van der Waals surface area contributed by atoms with E-state index in [9.17, 15) is 9.90 Å². The minimum atomic E-state index is -0.749. The SMILES string of the molecule is CNC(=O)c1cccc(-c2ccc(C(O)CN)nc2)c1. The molecule has 0 saturated carbocycles. The Hall–Kier alpha value is -2.24. The van der Waals surface area contributed by atoms with Gasteiger partial charge >= 0.3 is 0 Å². The molecule has 1 aromatic heterocycles. The number of amides is 1. The second kappa shape index (κ2) is 6.27. The summed E-state index contributed by atoms with van der Waals surface area (Å²) in [4.78, 5) is 15.8. The van der Waals surface area contributed by atoms with Crippen molar-refractivity contribution in [3.63, 3.8) is 0 Å². The van der Waals surface area contributed by atoms with Gasteiger partial charge in [-0.1, -0.05) is 18.2 Å². The van der Waals surface area contributed by atoms with Gasteiger partial charge < -0.3 is 16.2 Å². The Labute approximate surface area is 117 Å². The number of nitrogens with two attached hydrogens (primary N) is 1. The van der Waals surface area contributed by atoms with Gasteiger partial charge in [0.25, 0.3) is 5.91 Å². The molecule has 1 amide bonds. The van der Waals surface area contributed by atoms with Crippen LogP contribution in [0.1, 0.15) is 22.2 Å². The summed E-state index contributed by atoms with van der Waals surface area (Å²) in [6, 6.07) is 10.9. The molecule has 0 spiro atoms. The van der Waals surface area contributed by atoms with Crippen molar-refractivity contribution in [2.24, 2.45) is 5.73 Å². The molecule has 0 aliphatic rings. The lowest BCUT2D eigenvalue weighted by Crippen LogP contribution is -2.17.